The number of benzene rings is 2. The summed E-state index contributed by atoms with van der Waals surface area (Å²) >= 11 is 0. The number of rotatable bonds is 1. The van der Waals surface area contributed by atoms with E-state index in [9.17, 15) is 4.79 Å². The molecule has 0 amide bonds. The Hall–Kier alpha value is -2.95. The van der Waals surface area contributed by atoms with Gasteiger partial charge in [0.1, 0.15) is 5.52 Å². The number of para-hydroxylation sites is 1. The fraction of sp³-hybridized carbons (Fsp3) is 0. The summed E-state index contributed by atoms with van der Waals surface area (Å²) in [5.41, 5.74) is 2.04. The summed E-state index contributed by atoms with van der Waals surface area (Å²) < 4.78 is 1.64. The van der Waals surface area contributed by atoms with E-state index in [0.717, 1.165) is 11.1 Å². The van der Waals surface area contributed by atoms with Crippen molar-refractivity contribution in [3.8, 4) is 5.69 Å². The molecule has 20 heavy (non-hydrogen) atoms. The minimum atomic E-state index is -0.132. The van der Waals surface area contributed by atoms with Crippen molar-refractivity contribution in [2.75, 3.05) is 0 Å². The third kappa shape index (κ3) is 1.46. The average molecular weight is 262 g/mol. The van der Waals surface area contributed by atoms with E-state index in [1.54, 1.807) is 10.7 Å². The number of fused-ring (bicyclic) bond motifs is 3. The molecule has 2 heterocycles. The Labute approximate surface area is 113 Å². The molecule has 0 saturated carbocycles. The van der Waals surface area contributed by atoms with E-state index in [1.165, 1.54) is 0 Å². The number of aromatic amines is 1. The molecular weight excluding hydrogens is 252 g/mol. The van der Waals surface area contributed by atoms with Gasteiger partial charge >= 0.3 is 0 Å². The van der Waals surface area contributed by atoms with Crippen molar-refractivity contribution in [2.24, 2.45) is 0 Å². The predicted molar refractivity (Wildman–Crippen MR) is 77.0 cm³/mol. The molecule has 0 aliphatic rings. The van der Waals surface area contributed by atoms with Crippen LogP contribution in [-0.4, -0.2) is 20.0 Å². The maximum atomic E-state index is 12.1. The second kappa shape index (κ2) is 4.03. The third-order valence-electron chi connectivity index (χ3n) is 3.33. The molecule has 2 aromatic heterocycles. The summed E-state index contributed by atoms with van der Waals surface area (Å²) in [7, 11) is 0. The van der Waals surface area contributed by atoms with Crippen molar-refractivity contribution in [3.63, 3.8) is 0 Å². The first kappa shape index (κ1) is 10.9. The molecule has 0 saturated heterocycles. The molecule has 5 heteroatoms. The van der Waals surface area contributed by atoms with Crippen LogP contribution in [0, 0.1) is 0 Å². The van der Waals surface area contributed by atoms with Crippen molar-refractivity contribution in [3.05, 3.63) is 65.0 Å². The summed E-state index contributed by atoms with van der Waals surface area (Å²) in [4.78, 5) is 15.0. The Morgan fingerprint density at radius 1 is 0.900 bits per heavy atom. The Morgan fingerprint density at radius 3 is 2.40 bits per heavy atom. The lowest BCUT2D eigenvalue weighted by Crippen LogP contribution is -2.08. The summed E-state index contributed by atoms with van der Waals surface area (Å²) in [6.07, 6.45) is 0. The van der Waals surface area contributed by atoms with Gasteiger partial charge in [0, 0.05) is 10.8 Å². The second-order valence-electron chi connectivity index (χ2n) is 4.53. The normalized spacial score (nSPS) is 11.2. The molecular formula is C15H10N4O. The lowest BCUT2D eigenvalue weighted by Gasteiger charge is -2.02. The molecule has 4 rings (SSSR count). The van der Waals surface area contributed by atoms with Crippen LogP contribution in [0.1, 0.15) is 0 Å². The van der Waals surface area contributed by atoms with Crippen LogP contribution in [0.15, 0.2) is 59.4 Å². The van der Waals surface area contributed by atoms with Crippen LogP contribution in [-0.2, 0) is 0 Å². The van der Waals surface area contributed by atoms with Gasteiger partial charge in [-0.3, -0.25) is 4.79 Å². The number of hydrogen-bond donors (Lipinski definition) is 1. The molecule has 0 atom stereocenters. The lowest BCUT2D eigenvalue weighted by atomic mass is 10.1. The monoisotopic (exact) mass is 262 g/mol. The van der Waals surface area contributed by atoms with Gasteiger partial charge in [0.25, 0.3) is 5.56 Å². The largest absolute Gasteiger partial charge is 0.305 e. The molecule has 0 radical (unpaired) electrons. The average Bonchev–Trinajstić information content (AvgIpc) is 2.92. The molecule has 0 aliphatic carbocycles. The van der Waals surface area contributed by atoms with Gasteiger partial charge < -0.3 is 4.98 Å². The van der Waals surface area contributed by atoms with Gasteiger partial charge in [0.05, 0.1) is 5.69 Å². The van der Waals surface area contributed by atoms with Crippen molar-refractivity contribution in [2.45, 2.75) is 0 Å². The number of aromatic nitrogens is 4. The van der Waals surface area contributed by atoms with Crippen LogP contribution in [0.2, 0.25) is 0 Å². The minimum absolute atomic E-state index is 0.132. The van der Waals surface area contributed by atoms with Crippen LogP contribution in [0.3, 0.4) is 0 Å². The standard InChI is InChI=1S/C15H10N4O/c20-15-12-9-5-4-8-11(12)13-14(16-15)19(18-17-13)10-6-2-1-3-7-10/h1-9H,(H,16,20). The highest BCUT2D eigenvalue weighted by molar-refractivity contribution is 6.01. The van der Waals surface area contributed by atoms with Crippen LogP contribution >= 0.6 is 0 Å². The summed E-state index contributed by atoms with van der Waals surface area (Å²) in [5.74, 6) is 0. The number of nitrogens with one attached hydrogen (secondary N) is 1. The van der Waals surface area contributed by atoms with Crippen molar-refractivity contribution >= 4 is 21.9 Å². The van der Waals surface area contributed by atoms with E-state index in [1.807, 2.05) is 48.5 Å². The summed E-state index contributed by atoms with van der Waals surface area (Å²) in [6, 6.07) is 17.0. The van der Waals surface area contributed by atoms with Crippen LogP contribution in [0.4, 0.5) is 0 Å². The van der Waals surface area contributed by atoms with Gasteiger partial charge in [-0.25, -0.2) is 0 Å². The molecule has 0 fully saturated rings. The molecule has 96 valence electrons. The highest BCUT2D eigenvalue weighted by Gasteiger charge is 2.12. The van der Waals surface area contributed by atoms with Crippen LogP contribution in [0.25, 0.3) is 27.6 Å². The van der Waals surface area contributed by atoms with Crippen molar-refractivity contribution < 1.29 is 0 Å². The topological polar surface area (TPSA) is 63.6 Å². The van der Waals surface area contributed by atoms with E-state index in [-0.39, 0.29) is 5.56 Å². The van der Waals surface area contributed by atoms with Crippen LogP contribution in [0.5, 0.6) is 0 Å². The molecule has 0 bridgehead atoms. The van der Waals surface area contributed by atoms with Crippen LogP contribution < -0.4 is 5.56 Å². The number of H-pyrrole nitrogens is 1. The first-order valence-corrected chi connectivity index (χ1v) is 6.26. The SMILES string of the molecule is O=c1[nH]c2c(nnn2-c2ccccc2)c2ccccc12. The third-order valence-corrected chi connectivity index (χ3v) is 3.33. The zero-order valence-corrected chi connectivity index (χ0v) is 10.4. The first-order valence-electron chi connectivity index (χ1n) is 6.26. The summed E-state index contributed by atoms with van der Waals surface area (Å²) in [6.45, 7) is 0. The van der Waals surface area contributed by atoms with Gasteiger partial charge in [-0.1, -0.05) is 41.6 Å². The Morgan fingerprint density at radius 2 is 1.60 bits per heavy atom. The zero-order valence-electron chi connectivity index (χ0n) is 10.4. The Kier molecular flexibility index (Phi) is 2.20. The Bertz CT molecular complexity index is 969. The molecule has 1 N–H and O–H groups in total. The minimum Gasteiger partial charge on any atom is -0.305 e. The highest BCUT2D eigenvalue weighted by Crippen LogP contribution is 2.20. The maximum Gasteiger partial charge on any atom is 0.257 e. The van der Waals surface area contributed by atoms with E-state index in [0.29, 0.717) is 16.6 Å². The molecule has 5 nitrogen and oxygen atoms in total. The van der Waals surface area contributed by atoms with E-state index >= 15 is 0 Å². The number of hydrogen-bond acceptors (Lipinski definition) is 3. The first-order chi connectivity index (χ1) is 9.84. The van der Waals surface area contributed by atoms with Gasteiger partial charge in [-0.15, -0.1) is 5.10 Å². The molecule has 2 aromatic carbocycles. The molecule has 0 spiro atoms. The predicted octanol–water partition coefficient (Wildman–Crippen LogP) is 2.26. The number of nitrogens with zero attached hydrogens (tertiary/aromatic N) is 3. The van der Waals surface area contributed by atoms with Crippen molar-refractivity contribution in [1.82, 2.24) is 20.0 Å². The highest BCUT2D eigenvalue weighted by atomic mass is 16.1. The van der Waals surface area contributed by atoms with E-state index in [2.05, 4.69) is 15.3 Å². The van der Waals surface area contributed by atoms with Gasteiger partial charge in [0.15, 0.2) is 5.65 Å². The fourth-order valence-electron chi connectivity index (χ4n) is 2.39. The Balaban J connectivity index is 2.15. The van der Waals surface area contributed by atoms with Gasteiger partial charge in [-0.2, -0.15) is 4.68 Å². The smallest absolute Gasteiger partial charge is 0.257 e. The summed E-state index contributed by atoms with van der Waals surface area (Å²) in [5, 5.41) is 9.80. The lowest BCUT2D eigenvalue weighted by molar-refractivity contribution is 0.816. The van der Waals surface area contributed by atoms with Gasteiger partial charge in [0.2, 0.25) is 0 Å². The molecule has 4 aromatic rings. The molecule has 0 unspecified atom stereocenters. The van der Waals surface area contributed by atoms with Gasteiger partial charge in [-0.05, 0) is 18.2 Å². The van der Waals surface area contributed by atoms with E-state index < -0.39 is 0 Å². The second-order valence-corrected chi connectivity index (χ2v) is 4.53. The zero-order chi connectivity index (χ0) is 13.5. The quantitative estimate of drug-likeness (QED) is 0.572. The van der Waals surface area contributed by atoms with E-state index in [4.69, 9.17) is 0 Å². The fourth-order valence-corrected chi connectivity index (χ4v) is 2.39. The molecule has 0 aliphatic heterocycles. The number of pyridine rings is 1. The van der Waals surface area contributed by atoms with Crippen molar-refractivity contribution in [1.29, 1.82) is 0 Å². The maximum absolute atomic E-state index is 12.1.